The van der Waals surface area contributed by atoms with E-state index in [2.05, 4.69) is 5.32 Å². The Hall–Kier alpha value is -1.79. The second-order valence-corrected chi connectivity index (χ2v) is 8.37. The van der Waals surface area contributed by atoms with Crippen molar-refractivity contribution in [3.05, 3.63) is 0 Å². The van der Waals surface area contributed by atoms with Gasteiger partial charge in [0.15, 0.2) is 0 Å². The number of nitrogens with one attached hydrogen (secondary N) is 1. The van der Waals surface area contributed by atoms with Gasteiger partial charge in [-0.25, -0.2) is 4.79 Å². The molecule has 1 atom stereocenters. The van der Waals surface area contributed by atoms with Crippen LogP contribution in [-0.2, 0) is 14.3 Å². The van der Waals surface area contributed by atoms with Crippen molar-refractivity contribution < 1.29 is 19.1 Å². The van der Waals surface area contributed by atoms with Gasteiger partial charge < -0.3 is 19.9 Å². The van der Waals surface area contributed by atoms with Crippen molar-refractivity contribution in [2.24, 2.45) is 5.92 Å². The first-order chi connectivity index (χ1) is 12.2. The average molecular weight is 367 g/mol. The number of nitrogens with zero attached hydrogens (tertiary/aromatic N) is 2. The normalized spacial score (nSPS) is 20.5. The number of hydrogen-bond acceptors (Lipinski definition) is 4. The minimum Gasteiger partial charge on any atom is -0.444 e. The van der Waals surface area contributed by atoms with E-state index in [-0.39, 0.29) is 23.8 Å². The molecule has 0 aromatic carbocycles. The molecule has 0 spiro atoms. The molecule has 1 aliphatic heterocycles. The SMILES string of the molecule is CC(=O)NC(C(=O)N1CCN(C(=O)OC(C)(C)C)CC1)C1CCCCC1. The van der Waals surface area contributed by atoms with E-state index in [0.29, 0.717) is 26.2 Å². The van der Waals surface area contributed by atoms with Crippen LogP contribution in [0.3, 0.4) is 0 Å². The predicted octanol–water partition coefficient (Wildman–Crippen LogP) is 2.15. The Labute approximate surface area is 156 Å². The van der Waals surface area contributed by atoms with Crippen LogP contribution in [0.5, 0.6) is 0 Å². The minimum atomic E-state index is -0.526. The van der Waals surface area contributed by atoms with Crippen LogP contribution in [0.4, 0.5) is 4.79 Å². The highest BCUT2D eigenvalue weighted by Crippen LogP contribution is 2.27. The molecule has 0 bridgehead atoms. The zero-order valence-corrected chi connectivity index (χ0v) is 16.5. The summed E-state index contributed by atoms with van der Waals surface area (Å²) in [6, 6.07) is -0.444. The van der Waals surface area contributed by atoms with Gasteiger partial charge in [-0.2, -0.15) is 0 Å². The summed E-state index contributed by atoms with van der Waals surface area (Å²) in [5.41, 5.74) is -0.526. The molecule has 2 rings (SSSR count). The molecule has 1 unspecified atom stereocenters. The van der Waals surface area contributed by atoms with Crippen molar-refractivity contribution in [3.8, 4) is 0 Å². The molecule has 1 N–H and O–H groups in total. The van der Waals surface area contributed by atoms with E-state index in [1.807, 2.05) is 20.8 Å². The van der Waals surface area contributed by atoms with E-state index in [4.69, 9.17) is 4.74 Å². The lowest BCUT2D eigenvalue weighted by Crippen LogP contribution is -2.58. The molecule has 0 aromatic heterocycles. The van der Waals surface area contributed by atoms with Gasteiger partial charge in [-0.1, -0.05) is 19.3 Å². The van der Waals surface area contributed by atoms with Crippen LogP contribution < -0.4 is 5.32 Å². The van der Waals surface area contributed by atoms with E-state index in [9.17, 15) is 14.4 Å². The van der Waals surface area contributed by atoms with E-state index in [0.717, 1.165) is 25.7 Å². The molecule has 0 radical (unpaired) electrons. The summed E-state index contributed by atoms with van der Waals surface area (Å²) in [6.45, 7) is 8.84. The van der Waals surface area contributed by atoms with Gasteiger partial charge in [0.05, 0.1) is 0 Å². The summed E-state index contributed by atoms with van der Waals surface area (Å²) in [7, 11) is 0. The van der Waals surface area contributed by atoms with Crippen LogP contribution >= 0.6 is 0 Å². The predicted molar refractivity (Wildman–Crippen MR) is 98.6 cm³/mol. The summed E-state index contributed by atoms with van der Waals surface area (Å²) in [6.07, 6.45) is 5.05. The topological polar surface area (TPSA) is 79.0 Å². The largest absolute Gasteiger partial charge is 0.444 e. The average Bonchev–Trinajstić information content (AvgIpc) is 2.58. The molecule has 0 aromatic rings. The lowest BCUT2D eigenvalue weighted by Gasteiger charge is -2.39. The molecule has 2 fully saturated rings. The highest BCUT2D eigenvalue weighted by atomic mass is 16.6. The number of carbonyl (C=O) groups excluding carboxylic acids is 3. The lowest BCUT2D eigenvalue weighted by atomic mass is 9.83. The second-order valence-electron chi connectivity index (χ2n) is 8.37. The molecule has 26 heavy (non-hydrogen) atoms. The van der Waals surface area contributed by atoms with Crippen molar-refractivity contribution >= 4 is 17.9 Å². The number of amides is 3. The van der Waals surface area contributed by atoms with Gasteiger partial charge in [0.25, 0.3) is 0 Å². The second kappa shape index (κ2) is 8.73. The summed E-state index contributed by atoms with van der Waals surface area (Å²) >= 11 is 0. The van der Waals surface area contributed by atoms with Crippen LogP contribution in [0.15, 0.2) is 0 Å². The molecule has 7 heteroatoms. The summed E-state index contributed by atoms with van der Waals surface area (Å²) in [5.74, 6) is 0.0290. The molecule has 7 nitrogen and oxygen atoms in total. The van der Waals surface area contributed by atoms with E-state index in [1.165, 1.54) is 13.3 Å². The maximum absolute atomic E-state index is 13.0. The van der Waals surface area contributed by atoms with E-state index >= 15 is 0 Å². The quantitative estimate of drug-likeness (QED) is 0.829. The Balaban J connectivity index is 1.93. The molecule has 2 aliphatic rings. The van der Waals surface area contributed by atoms with Crippen molar-refractivity contribution in [2.45, 2.75) is 71.4 Å². The van der Waals surface area contributed by atoms with Gasteiger partial charge in [0, 0.05) is 33.1 Å². The summed E-state index contributed by atoms with van der Waals surface area (Å²) < 4.78 is 5.39. The number of rotatable bonds is 3. The fourth-order valence-corrected chi connectivity index (χ4v) is 3.70. The Morgan fingerprint density at radius 1 is 0.962 bits per heavy atom. The van der Waals surface area contributed by atoms with Crippen molar-refractivity contribution in [1.82, 2.24) is 15.1 Å². The van der Waals surface area contributed by atoms with Crippen LogP contribution in [0.1, 0.15) is 59.8 Å². The van der Waals surface area contributed by atoms with Gasteiger partial charge in [0.1, 0.15) is 11.6 Å². The minimum absolute atomic E-state index is 0.0176. The third-order valence-corrected chi connectivity index (χ3v) is 4.99. The number of ether oxygens (including phenoxy) is 1. The monoisotopic (exact) mass is 367 g/mol. The molecular formula is C19H33N3O4. The van der Waals surface area contributed by atoms with Crippen LogP contribution in [0, 0.1) is 5.92 Å². The first-order valence-electron chi connectivity index (χ1n) is 9.71. The standard InChI is InChI=1S/C19H33N3O4/c1-14(23)20-16(15-8-6-5-7-9-15)17(24)21-10-12-22(13-11-21)18(25)26-19(2,3)4/h15-16H,5-13H2,1-4H3,(H,20,23). The molecule has 1 aliphatic carbocycles. The highest BCUT2D eigenvalue weighted by Gasteiger charge is 2.35. The molecule has 3 amide bonds. The Kier molecular flexibility index (Phi) is 6.89. The first-order valence-corrected chi connectivity index (χ1v) is 9.71. The molecule has 1 saturated carbocycles. The van der Waals surface area contributed by atoms with E-state index in [1.54, 1.807) is 9.80 Å². The Morgan fingerprint density at radius 2 is 1.50 bits per heavy atom. The fourth-order valence-electron chi connectivity index (χ4n) is 3.70. The maximum Gasteiger partial charge on any atom is 0.410 e. The third kappa shape index (κ3) is 5.88. The molecule has 148 valence electrons. The zero-order chi connectivity index (χ0) is 19.3. The number of hydrogen-bond donors (Lipinski definition) is 1. The van der Waals surface area contributed by atoms with Crippen LogP contribution in [0.2, 0.25) is 0 Å². The fraction of sp³-hybridized carbons (Fsp3) is 0.842. The highest BCUT2D eigenvalue weighted by molar-refractivity contribution is 5.87. The third-order valence-electron chi connectivity index (χ3n) is 4.99. The first kappa shape index (κ1) is 20.5. The summed E-state index contributed by atoms with van der Waals surface area (Å²) in [4.78, 5) is 40.2. The Bertz CT molecular complexity index is 515. The number of piperazine rings is 1. The zero-order valence-electron chi connectivity index (χ0n) is 16.5. The van der Waals surface area contributed by atoms with Crippen molar-refractivity contribution in [3.63, 3.8) is 0 Å². The maximum atomic E-state index is 13.0. The van der Waals surface area contributed by atoms with Crippen molar-refractivity contribution in [1.29, 1.82) is 0 Å². The van der Waals surface area contributed by atoms with Crippen molar-refractivity contribution in [2.75, 3.05) is 26.2 Å². The molecule has 1 heterocycles. The van der Waals surface area contributed by atoms with Gasteiger partial charge in [-0.05, 0) is 39.5 Å². The van der Waals surface area contributed by atoms with Gasteiger partial charge in [0.2, 0.25) is 11.8 Å². The van der Waals surface area contributed by atoms with Gasteiger partial charge in [-0.15, -0.1) is 0 Å². The van der Waals surface area contributed by atoms with Crippen LogP contribution in [0.25, 0.3) is 0 Å². The summed E-state index contributed by atoms with van der Waals surface area (Å²) in [5, 5.41) is 2.88. The smallest absolute Gasteiger partial charge is 0.410 e. The van der Waals surface area contributed by atoms with Gasteiger partial charge >= 0.3 is 6.09 Å². The Morgan fingerprint density at radius 3 is 2.00 bits per heavy atom. The lowest BCUT2D eigenvalue weighted by molar-refractivity contribution is -0.139. The molecule has 1 saturated heterocycles. The van der Waals surface area contributed by atoms with Crippen LogP contribution in [-0.4, -0.2) is 65.5 Å². The van der Waals surface area contributed by atoms with E-state index < -0.39 is 11.6 Å². The number of carbonyl (C=O) groups is 3. The molecular weight excluding hydrogens is 334 g/mol. The van der Waals surface area contributed by atoms with Gasteiger partial charge in [-0.3, -0.25) is 9.59 Å².